The predicted molar refractivity (Wildman–Crippen MR) is 86.1 cm³/mol. The summed E-state index contributed by atoms with van der Waals surface area (Å²) in [5.41, 5.74) is 1.64. The SMILES string of the molecule is O=c1[nH]c(Cc2ccccc2F)nc2sc3c(c12)CCCC3. The highest BCUT2D eigenvalue weighted by Crippen LogP contribution is 2.33. The topological polar surface area (TPSA) is 45.8 Å². The van der Waals surface area contributed by atoms with Gasteiger partial charge in [0.1, 0.15) is 16.5 Å². The molecule has 0 atom stereocenters. The Morgan fingerprint density at radius 3 is 2.91 bits per heavy atom. The third kappa shape index (κ3) is 2.25. The van der Waals surface area contributed by atoms with Crippen molar-refractivity contribution in [1.29, 1.82) is 0 Å². The van der Waals surface area contributed by atoms with Gasteiger partial charge in [-0.1, -0.05) is 18.2 Å². The van der Waals surface area contributed by atoms with E-state index in [0.717, 1.165) is 29.5 Å². The van der Waals surface area contributed by atoms with Crippen molar-refractivity contribution in [2.75, 3.05) is 0 Å². The summed E-state index contributed by atoms with van der Waals surface area (Å²) in [6.07, 6.45) is 4.63. The number of halogens is 1. The molecule has 22 heavy (non-hydrogen) atoms. The van der Waals surface area contributed by atoms with Gasteiger partial charge >= 0.3 is 0 Å². The second-order valence-corrected chi connectivity index (χ2v) is 6.76. The number of H-pyrrole nitrogens is 1. The molecule has 5 heteroatoms. The second-order valence-electron chi connectivity index (χ2n) is 5.67. The average Bonchev–Trinajstić information content (AvgIpc) is 2.88. The van der Waals surface area contributed by atoms with Gasteiger partial charge in [-0.2, -0.15) is 0 Å². The Bertz CT molecular complexity index is 913. The zero-order valence-electron chi connectivity index (χ0n) is 12.0. The van der Waals surface area contributed by atoms with Crippen LogP contribution in [0.25, 0.3) is 10.2 Å². The molecule has 0 radical (unpaired) electrons. The molecule has 1 N–H and O–H groups in total. The van der Waals surface area contributed by atoms with E-state index in [9.17, 15) is 9.18 Å². The van der Waals surface area contributed by atoms with E-state index in [1.807, 2.05) is 0 Å². The highest BCUT2D eigenvalue weighted by Gasteiger charge is 2.19. The smallest absolute Gasteiger partial charge is 0.259 e. The molecule has 112 valence electrons. The van der Waals surface area contributed by atoms with Crippen molar-refractivity contribution in [3.05, 3.63) is 62.3 Å². The number of thiophene rings is 1. The van der Waals surface area contributed by atoms with Gasteiger partial charge in [-0.05, 0) is 42.9 Å². The molecular weight excluding hydrogens is 299 g/mol. The molecule has 2 heterocycles. The lowest BCUT2D eigenvalue weighted by Crippen LogP contribution is -2.13. The molecule has 0 bridgehead atoms. The second kappa shape index (κ2) is 5.32. The van der Waals surface area contributed by atoms with Crippen LogP contribution >= 0.6 is 11.3 Å². The van der Waals surface area contributed by atoms with Gasteiger partial charge in [-0.25, -0.2) is 9.37 Å². The largest absolute Gasteiger partial charge is 0.310 e. The van der Waals surface area contributed by atoms with E-state index in [4.69, 9.17) is 0 Å². The number of nitrogens with one attached hydrogen (secondary N) is 1. The van der Waals surface area contributed by atoms with E-state index in [1.54, 1.807) is 29.5 Å². The Morgan fingerprint density at radius 1 is 1.23 bits per heavy atom. The zero-order chi connectivity index (χ0) is 15.1. The number of hydrogen-bond acceptors (Lipinski definition) is 3. The molecule has 0 fully saturated rings. The first kappa shape index (κ1) is 13.6. The molecule has 0 spiro atoms. The molecular formula is C17H15FN2OS. The molecule has 1 aliphatic carbocycles. The van der Waals surface area contributed by atoms with E-state index < -0.39 is 0 Å². The molecule has 1 aromatic carbocycles. The summed E-state index contributed by atoms with van der Waals surface area (Å²) in [6.45, 7) is 0. The number of benzene rings is 1. The summed E-state index contributed by atoms with van der Waals surface area (Å²) in [7, 11) is 0. The van der Waals surface area contributed by atoms with Crippen molar-refractivity contribution in [2.45, 2.75) is 32.1 Å². The number of aromatic amines is 1. The first-order chi connectivity index (χ1) is 10.7. The van der Waals surface area contributed by atoms with Crippen LogP contribution in [0.5, 0.6) is 0 Å². The Morgan fingerprint density at radius 2 is 2.05 bits per heavy atom. The van der Waals surface area contributed by atoms with E-state index in [2.05, 4.69) is 9.97 Å². The van der Waals surface area contributed by atoms with Crippen LogP contribution in [0, 0.1) is 5.82 Å². The Hall–Kier alpha value is -2.01. The Balaban J connectivity index is 1.81. The van der Waals surface area contributed by atoms with Gasteiger partial charge in [-0.3, -0.25) is 4.79 Å². The summed E-state index contributed by atoms with van der Waals surface area (Å²) in [6, 6.07) is 6.60. The number of fused-ring (bicyclic) bond motifs is 3. The number of hydrogen-bond donors (Lipinski definition) is 1. The average molecular weight is 314 g/mol. The highest BCUT2D eigenvalue weighted by molar-refractivity contribution is 7.18. The summed E-state index contributed by atoms with van der Waals surface area (Å²) in [5, 5.41) is 0.747. The summed E-state index contributed by atoms with van der Waals surface area (Å²) in [4.78, 5) is 21.9. The molecule has 0 unspecified atom stereocenters. The van der Waals surface area contributed by atoms with Gasteiger partial charge in [-0.15, -0.1) is 11.3 Å². The van der Waals surface area contributed by atoms with Crippen LogP contribution in [0.15, 0.2) is 29.1 Å². The molecule has 3 aromatic rings. The first-order valence-corrected chi connectivity index (χ1v) is 8.31. The molecule has 2 aromatic heterocycles. The maximum absolute atomic E-state index is 13.8. The van der Waals surface area contributed by atoms with Crippen molar-refractivity contribution in [3.8, 4) is 0 Å². The van der Waals surface area contributed by atoms with Crippen LogP contribution in [0.4, 0.5) is 4.39 Å². The number of nitrogens with zero attached hydrogens (tertiary/aromatic N) is 1. The normalized spacial score (nSPS) is 14.2. The molecule has 0 saturated heterocycles. The van der Waals surface area contributed by atoms with E-state index >= 15 is 0 Å². The van der Waals surface area contributed by atoms with Crippen molar-refractivity contribution >= 4 is 21.6 Å². The van der Waals surface area contributed by atoms with Gasteiger partial charge in [0.05, 0.1) is 5.39 Å². The third-order valence-electron chi connectivity index (χ3n) is 4.19. The Kier molecular flexibility index (Phi) is 3.30. The van der Waals surface area contributed by atoms with Crippen LogP contribution in [0.2, 0.25) is 0 Å². The minimum absolute atomic E-state index is 0.0873. The lowest BCUT2D eigenvalue weighted by Gasteiger charge is -2.09. The highest BCUT2D eigenvalue weighted by atomic mass is 32.1. The number of aryl methyl sites for hydroxylation is 2. The fraction of sp³-hybridized carbons (Fsp3) is 0.294. The molecule has 0 amide bonds. The first-order valence-electron chi connectivity index (χ1n) is 7.49. The summed E-state index contributed by atoms with van der Waals surface area (Å²) in [5.74, 6) is 0.261. The van der Waals surface area contributed by atoms with Crippen LogP contribution in [0.1, 0.15) is 34.7 Å². The van der Waals surface area contributed by atoms with Crippen molar-refractivity contribution in [1.82, 2.24) is 9.97 Å². The maximum Gasteiger partial charge on any atom is 0.259 e. The molecule has 0 saturated carbocycles. The fourth-order valence-electron chi connectivity index (χ4n) is 3.11. The van der Waals surface area contributed by atoms with Gasteiger partial charge in [0.15, 0.2) is 0 Å². The third-order valence-corrected chi connectivity index (χ3v) is 5.38. The molecule has 1 aliphatic rings. The van der Waals surface area contributed by atoms with Crippen molar-refractivity contribution < 1.29 is 4.39 Å². The van der Waals surface area contributed by atoms with Crippen LogP contribution in [-0.4, -0.2) is 9.97 Å². The van der Waals surface area contributed by atoms with Crippen LogP contribution < -0.4 is 5.56 Å². The van der Waals surface area contributed by atoms with Crippen molar-refractivity contribution in [2.24, 2.45) is 0 Å². The summed E-state index contributed by atoms with van der Waals surface area (Å²) >= 11 is 1.62. The van der Waals surface area contributed by atoms with E-state index in [-0.39, 0.29) is 11.4 Å². The van der Waals surface area contributed by atoms with Gasteiger partial charge in [0, 0.05) is 11.3 Å². The van der Waals surface area contributed by atoms with E-state index in [1.165, 1.54) is 22.9 Å². The molecule has 0 aliphatic heterocycles. The number of aromatic nitrogens is 2. The minimum atomic E-state index is -0.268. The van der Waals surface area contributed by atoms with Crippen molar-refractivity contribution in [3.63, 3.8) is 0 Å². The lowest BCUT2D eigenvalue weighted by atomic mass is 9.97. The van der Waals surface area contributed by atoms with Gasteiger partial charge in [0.25, 0.3) is 5.56 Å². The van der Waals surface area contributed by atoms with Gasteiger partial charge in [0.2, 0.25) is 0 Å². The fourth-order valence-corrected chi connectivity index (χ4v) is 4.40. The minimum Gasteiger partial charge on any atom is -0.310 e. The summed E-state index contributed by atoms with van der Waals surface area (Å²) < 4.78 is 13.8. The van der Waals surface area contributed by atoms with Gasteiger partial charge < -0.3 is 4.98 Å². The maximum atomic E-state index is 13.8. The molecule has 3 nitrogen and oxygen atoms in total. The Labute approximate surface area is 130 Å². The lowest BCUT2D eigenvalue weighted by molar-refractivity contribution is 0.612. The predicted octanol–water partition coefficient (Wildman–Crippen LogP) is 3.59. The number of rotatable bonds is 2. The zero-order valence-corrected chi connectivity index (χ0v) is 12.8. The molecule has 4 rings (SSSR count). The van der Waals surface area contributed by atoms with E-state index in [0.29, 0.717) is 17.8 Å². The van der Waals surface area contributed by atoms with Crippen LogP contribution in [0.3, 0.4) is 0 Å². The monoisotopic (exact) mass is 314 g/mol. The standard InChI is InChI=1S/C17H15FN2OS/c18-12-7-3-1-5-10(12)9-14-19-16(21)15-11-6-2-4-8-13(11)22-17(15)20-14/h1,3,5,7H,2,4,6,8-9H2,(H,19,20,21). The van der Waals surface area contributed by atoms with Crippen LogP contribution in [-0.2, 0) is 19.3 Å². The quantitative estimate of drug-likeness (QED) is 0.785.